The van der Waals surface area contributed by atoms with Gasteiger partial charge in [-0.3, -0.25) is 0 Å². The fourth-order valence-electron chi connectivity index (χ4n) is 1.60. The van der Waals surface area contributed by atoms with Crippen LogP contribution in [0.5, 0.6) is 0 Å². The quantitative estimate of drug-likeness (QED) is 0.889. The molecule has 1 aromatic heterocycles. The van der Waals surface area contributed by atoms with Gasteiger partial charge in [-0.2, -0.15) is 0 Å². The summed E-state index contributed by atoms with van der Waals surface area (Å²) in [5, 5.41) is 4.11. The van der Waals surface area contributed by atoms with Crippen molar-refractivity contribution < 1.29 is 9.13 Å². The number of nitrogens with zero attached hydrogens (tertiary/aromatic N) is 1. The summed E-state index contributed by atoms with van der Waals surface area (Å²) in [6, 6.07) is 4.88. The smallest absolute Gasteiger partial charge is 0.184 e. The third-order valence-electron chi connectivity index (χ3n) is 2.54. The lowest BCUT2D eigenvalue weighted by molar-refractivity contribution is 0.184. The third kappa shape index (κ3) is 2.92. The molecule has 0 bridgehead atoms. The summed E-state index contributed by atoms with van der Waals surface area (Å²) >= 11 is 1.46. The molecule has 0 fully saturated rings. The highest BCUT2D eigenvalue weighted by Crippen LogP contribution is 2.27. The van der Waals surface area contributed by atoms with E-state index in [2.05, 4.69) is 17.2 Å². The molecule has 3 nitrogen and oxygen atoms in total. The minimum Gasteiger partial charge on any atom is -0.383 e. The monoisotopic (exact) mass is 254 g/mol. The summed E-state index contributed by atoms with van der Waals surface area (Å²) < 4.78 is 19.0. The van der Waals surface area contributed by atoms with E-state index in [1.165, 1.54) is 23.5 Å². The number of rotatable bonds is 5. The van der Waals surface area contributed by atoms with Crippen LogP contribution in [0.1, 0.15) is 13.3 Å². The van der Waals surface area contributed by atoms with E-state index in [4.69, 9.17) is 4.74 Å². The maximum atomic E-state index is 13.0. The largest absolute Gasteiger partial charge is 0.383 e. The second-order valence-corrected chi connectivity index (χ2v) is 4.87. The van der Waals surface area contributed by atoms with Crippen molar-refractivity contribution in [2.45, 2.75) is 19.4 Å². The Labute approximate surface area is 104 Å². The van der Waals surface area contributed by atoms with Crippen molar-refractivity contribution in [3.63, 3.8) is 0 Å². The molecule has 5 heteroatoms. The predicted molar refractivity (Wildman–Crippen MR) is 69.2 cm³/mol. The van der Waals surface area contributed by atoms with Crippen LogP contribution in [0, 0.1) is 5.82 Å². The lowest BCUT2D eigenvalue weighted by Crippen LogP contribution is -2.23. The summed E-state index contributed by atoms with van der Waals surface area (Å²) in [5.41, 5.74) is 0.825. The van der Waals surface area contributed by atoms with Crippen molar-refractivity contribution in [3.8, 4) is 0 Å². The number of anilines is 1. The Hall–Kier alpha value is -1.20. The molecule has 0 spiro atoms. The summed E-state index contributed by atoms with van der Waals surface area (Å²) in [7, 11) is 1.68. The number of benzene rings is 1. The van der Waals surface area contributed by atoms with Crippen LogP contribution >= 0.6 is 11.3 Å². The van der Waals surface area contributed by atoms with Crippen LogP contribution in [0.15, 0.2) is 18.2 Å². The van der Waals surface area contributed by atoms with E-state index in [1.807, 2.05) is 0 Å². The molecule has 2 rings (SSSR count). The molecule has 0 aliphatic carbocycles. The predicted octanol–water partition coefficient (Wildman–Crippen LogP) is 3.27. The van der Waals surface area contributed by atoms with E-state index >= 15 is 0 Å². The van der Waals surface area contributed by atoms with Gasteiger partial charge in [0.05, 0.1) is 22.9 Å². The highest BCUT2D eigenvalue weighted by molar-refractivity contribution is 7.22. The molecule has 1 unspecified atom stereocenters. The van der Waals surface area contributed by atoms with Crippen LogP contribution in [0.4, 0.5) is 9.52 Å². The summed E-state index contributed by atoms with van der Waals surface area (Å²) in [6.07, 6.45) is 0.956. The Kier molecular flexibility index (Phi) is 3.91. The van der Waals surface area contributed by atoms with E-state index in [1.54, 1.807) is 13.2 Å². The van der Waals surface area contributed by atoms with Crippen LogP contribution in [0.2, 0.25) is 0 Å². The average molecular weight is 254 g/mol. The van der Waals surface area contributed by atoms with Crippen LogP contribution in [0.25, 0.3) is 10.2 Å². The topological polar surface area (TPSA) is 34.1 Å². The van der Waals surface area contributed by atoms with Crippen LogP contribution in [0.3, 0.4) is 0 Å². The van der Waals surface area contributed by atoms with Gasteiger partial charge in [0.15, 0.2) is 5.13 Å². The molecular formula is C12H15FN2OS. The first-order valence-corrected chi connectivity index (χ1v) is 6.36. The number of methoxy groups -OCH3 is 1. The highest BCUT2D eigenvalue weighted by atomic mass is 32.1. The normalized spacial score (nSPS) is 12.9. The molecule has 0 radical (unpaired) electrons. The van der Waals surface area contributed by atoms with Gasteiger partial charge < -0.3 is 10.1 Å². The highest BCUT2D eigenvalue weighted by Gasteiger charge is 2.09. The van der Waals surface area contributed by atoms with Crippen molar-refractivity contribution in [1.29, 1.82) is 0 Å². The number of ether oxygens (including phenoxy) is 1. The van der Waals surface area contributed by atoms with E-state index in [-0.39, 0.29) is 11.9 Å². The molecule has 1 N–H and O–H groups in total. The van der Waals surface area contributed by atoms with Crippen molar-refractivity contribution >= 4 is 26.7 Å². The Bertz CT molecular complexity index is 500. The Morgan fingerprint density at radius 3 is 3.06 bits per heavy atom. The van der Waals surface area contributed by atoms with E-state index in [9.17, 15) is 4.39 Å². The van der Waals surface area contributed by atoms with Gasteiger partial charge in [-0.15, -0.1) is 0 Å². The molecule has 0 saturated carbocycles. The van der Waals surface area contributed by atoms with Gasteiger partial charge in [0, 0.05) is 7.11 Å². The van der Waals surface area contributed by atoms with Gasteiger partial charge in [-0.1, -0.05) is 18.3 Å². The first kappa shape index (κ1) is 12.3. The SMILES string of the molecule is CCC(COC)Nc1nc2ccc(F)cc2s1. The molecule has 0 amide bonds. The van der Waals surface area contributed by atoms with Crippen LogP contribution < -0.4 is 5.32 Å². The molecule has 92 valence electrons. The van der Waals surface area contributed by atoms with E-state index in [0.717, 1.165) is 21.8 Å². The van der Waals surface area contributed by atoms with Crippen molar-refractivity contribution in [1.82, 2.24) is 4.98 Å². The number of fused-ring (bicyclic) bond motifs is 1. The lowest BCUT2D eigenvalue weighted by Gasteiger charge is -2.14. The lowest BCUT2D eigenvalue weighted by atomic mass is 10.2. The van der Waals surface area contributed by atoms with Gasteiger partial charge in [0.1, 0.15) is 5.82 Å². The minimum absolute atomic E-state index is 0.225. The number of thiazole rings is 1. The zero-order valence-corrected chi connectivity index (χ0v) is 10.7. The Morgan fingerprint density at radius 1 is 1.53 bits per heavy atom. The van der Waals surface area contributed by atoms with Gasteiger partial charge in [-0.25, -0.2) is 9.37 Å². The molecule has 0 saturated heterocycles. The van der Waals surface area contributed by atoms with Crippen LogP contribution in [-0.4, -0.2) is 24.7 Å². The fraction of sp³-hybridized carbons (Fsp3) is 0.417. The average Bonchev–Trinajstić information content (AvgIpc) is 2.69. The number of hydrogen-bond acceptors (Lipinski definition) is 4. The van der Waals surface area contributed by atoms with Gasteiger partial charge in [-0.05, 0) is 24.6 Å². The molecular weight excluding hydrogens is 239 g/mol. The van der Waals surface area contributed by atoms with Crippen LogP contribution in [-0.2, 0) is 4.74 Å². The first-order chi connectivity index (χ1) is 8.22. The summed E-state index contributed by atoms with van der Waals surface area (Å²) in [4.78, 5) is 4.41. The molecule has 0 aliphatic rings. The maximum absolute atomic E-state index is 13.0. The van der Waals surface area contributed by atoms with Crippen molar-refractivity contribution in [3.05, 3.63) is 24.0 Å². The number of halogens is 1. The standard InChI is InChI=1S/C12H15FN2OS/c1-3-9(7-16-2)14-12-15-10-5-4-8(13)6-11(10)17-12/h4-6,9H,3,7H2,1-2H3,(H,14,15). The molecule has 17 heavy (non-hydrogen) atoms. The molecule has 1 atom stereocenters. The zero-order valence-electron chi connectivity index (χ0n) is 9.87. The van der Waals surface area contributed by atoms with Crippen molar-refractivity contribution in [2.75, 3.05) is 19.0 Å². The van der Waals surface area contributed by atoms with Crippen molar-refractivity contribution in [2.24, 2.45) is 0 Å². The molecule has 2 aromatic rings. The maximum Gasteiger partial charge on any atom is 0.184 e. The zero-order chi connectivity index (χ0) is 12.3. The second-order valence-electron chi connectivity index (χ2n) is 3.84. The van der Waals surface area contributed by atoms with E-state index < -0.39 is 0 Å². The Morgan fingerprint density at radius 2 is 2.35 bits per heavy atom. The second kappa shape index (κ2) is 5.42. The Balaban J connectivity index is 2.18. The fourth-order valence-corrected chi connectivity index (χ4v) is 2.57. The molecule has 0 aliphatic heterocycles. The minimum atomic E-state index is -0.225. The van der Waals surface area contributed by atoms with Gasteiger partial charge >= 0.3 is 0 Å². The summed E-state index contributed by atoms with van der Waals surface area (Å²) in [5.74, 6) is -0.225. The first-order valence-electron chi connectivity index (χ1n) is 5.54. The van der Waals surface area contributed by atoms with E-state index in [0.29, 0.717) is 6.61 Å². The number of aromatic nitrogens is 1. The van der Waals surface area contributed by atoms with Gasteiger partial charge in [0.25, 0.3) is 0 Å². The van der Waals surface area contributed by atoms with Gasteiger partial charge in [0.2, 0.25) is 0 Å². The third-order valence-corrected chi connectivity index (χ3v) is 3.49. The number of nitrogens with one attached hydrogen (secondary N) is 1. The molecule has 1 heterocycles. The molecule has 1 aromatic carbocycles. The number of hydrogen-bond donors (Lipinski definition) is 1. The summed E-state index contributed by atoms with van der Waals surface area (Å²) in [6.45, 7) is 2.73.